The molecule has 0 aliphatic heterocycles. The van der Waals surface area contributed by atoms with Crippen LogP contribution in [0.4, 0.5) is 5.82 Å². The summed E-state index contributed by atoms with van der Waals surface area (Å²) in [5.74, 6) is 2.02. The van der Waals surface area contributed by atoms with E-state index >= 15 is 0 Å². The minimum absolute atomic E-state index is 0.317. The summed E-state index contributed by atoms with van der Waals surface area (Å²) in [4.78, 5) is 8.38. The number of benzene rings is 1. The van der Waals surface area contributed by atoms with Gasteiger partial charge >= 0.3 is 0 Å². The fraction of sp³-hybridized carbons (Fsp3) is 0.286. The first-order chi connectivity index (χ1) is 9.58. The van der Waals surface area contributed by atoms with E-state index in [4.69, 9.17) is 15.2 Å². The normalized spacial score (nSPS) is 10.6. The van der Waals surface area contributed by atoms with Crippen LogP contribution < -0.4 is 10.5 Å². The van der Waals surface area contributed by atoms with Gasteiger partial charge in [-0.25, -0.2) is 4.98 Å². The zero-order chi connectivity index (χ0) is 14.5. The molecule has 2 aromatic rings. The minimum atomic E-state index is 0.317. The topological polar surface area (TPSA) is 70.3 Å². The first-order valence-electron chi connectivity index (χ1n) is 6.23. The van der Waals surface area contributed by atoms with Gasteiger partial charge in [0.15, 0.2) is 5.82 Å². The first kappa shape index (κ1) is 14.7. The summed E-state index contributed by atoms with van der Waals surface area (Å²) in [7, 11) is 0. The van der Waals surface area contributed by atoms with Gasteiger partial charge in [0.2, 0.25) is 5.88 Å². The molecule has 0 aliphatic rings. The van der Waals surface area contributed by atoms with Crippen molar-refractivity contribution in [3.05, 3.63) is 40.1 Å². The second kappa shape index (κ2) is 6.67. The zero-order valence-corrected chi connectivity index (χ0v) is 13.0. The molecule has 0 radical (unpaired) electrons. The molecule has 0 atom stereocenters. The predicted octanol–water partition coefficient (Wildman–Crippen LogP) is 3.46. The van der Waals surface area contributed by atoms with Crippen molar-refractivity contribution in [1.82, 2.24) is 9.97 Å². The number of halogens is 1. The second-order valence-electron chi connectivity index (χ2n) is 4.20. The third-order valence-corrected chi connectivity index (χ3v) is 3.05. The van der Waals surface area contributed by atoms with Gasteiger partial charge in [-0.05, 0) is 37.6 Å². The highest BCUT2D eigenvalue weighted by molar-refractivity contribution is 9.10. The van der Waals surface area contributed by atoms with E-state index in [9.17, 15) is 0 Å². The Hall–Kier alpha value is -1.66. The number of ether oxygens (including phenoxy) is 2. The highest BCUT2D eigenvalue weighted by Gasteiger charge is 2.07. The number of nitrogens with zero attached hydrogens (tertiary/aromatic N) is 2. The third kappa shape index (κ3) is 3.91. The number of nitrogens with two attached hydrogens (primary N) is 1. The molecule has 0 aliphatic carbocycles. The van der Waals surface area contributed by atoms with Crippen LogP contribution in [0.3, 0.4) is 0 Å². The molecule has 1 aromatic carbocycles. The first-order valence-corrected chi connectivity index (χ1v) is 7.03. The predicted molar refractivity (Wildman–Crippen MR) is 80.7 cm³/mol. The van der Waals surface area contributed by atoms with Crippen LogP contribution in [-0.2, 0) is 11.3 Å². The van der Waals surface area contributed by atoms with Crippen molar-refractivity contribution in [3.8, 4) is 11.6 Å². The van der Waals surface area contributed by atoms with Gasteiger partial charge in [-0.15, -0.1) is 0 Å². The Morgan fingerprint density at radius 3 is 2.75 bits per heavy atom. The molecule has 0 spiro atoms. The smallest absolute Gasteiger partial charge is 0.224 e. The Labute approximate surface area is 126 Å². The Kier molecular flexibility index (Phi) is 4.92. The third-order valence-electron chi connectivity index (χ3n) is 2.56. The van der Waals surface area contributed by atoms with Crippen molar-refractivity contribution in [3.63, 3.8) is 0 Å². The lowest BCUT2D eigenvalue weighted by Gasteiger charge is -2.10. The summed E-state index contributed by atoms with van der Waals surface area (Å²) < 4.78 is 12.0. The van der Waals surface area contributed by atoms with Gasteiger partial charge in [-0.1, -0.05) is 15.9 Å². The van der Waals surface area contributed by atoms with Crippen molar-refractivity contribution >= 4 is 21.7 Å². The second-order valence-corrected chi connectivity index (χ2v) is 5.11. The molecule has 6 heteroatoms. The standard InChI is InChI=1S/C14H16BrN3O2/c1-3-19-8-13-17-12(16)7-14(18-13)20-11-5-4-10(15)6-9(11)2/h4-7H,3,8H2,1-2H3,(H2,16,17,18). The fourth-order valence-electron chi connectivity index (χ4n) is 1.64. The van der Waals surface area contributed by atoms with E-state index in [0.717, 1.165) is 15.8 Å². The molecule has 0 bridgehead atoms. The molecule has 0 unspecified atom stereocenters. The number of aromatic nitrogens is 2. The summed E-state index contributed by atoms with van der Waals surface area (Å²) >= 11 is 3.42. The highest BCUT2D eigenvalue weighted by Crippen LogP contribution is 2.27. The van der Waals surface area contributed by atoms with E-state index < -0.39 is 0 Å². The van der Waals surface area contributed by atoms with E-state index in [1.807, 2.05) is 32.0 Å². The molecule has 0 saturated heterocycles. The molecule has 2 rings (SSSR count). The van der Waals surface area contributed by atoms with Crippen LogP contribution >= 0.6 is 15.9 Å². The number of hydrogen-bond donors (Lipinski definition) is 1. The zero-order valence-electron chi connectivity index (χ0n) is 11.4. The molecule has 106 valence electrons. The number of anilines is 1. The molecule has 0 fully saturated rings. The van der Waals surface area contributed by atoms with Crippen LogP contribution in [0.1, 0.15) is 18.3 Å². The minimum Gasteiger partial charge on any atom is -0.439 e. The Morgan fingerprint density at radius 2 is 2.05 bits per heavy atom. The summed E-state index contributed by atoms with van der Waals surface area (Å²) in [6, 6.07) is 7.35. The van der Waals surface area contributed by atoms with E-state index in [1.165, 1.54) is 0 Å². The van der Waals surface area contributed by atoms with Gasteiger partial charge in [-0.2, -0.15) is 4.98 Å². The van der Waals surface area contributed by atoms with Gasteiger partial charge in [0.25, 0.3) is 0 Å². The molecule has 20 heavy (non-hydrogen) atoms. The lowest BCUT2D eigenvalue weighted by atomic mass is 10.2. The average molecular weight is 338 g/mol. The summed E-state index contributed by atoms with van der Waals surface area (Å²) in [6.07, 6.45) is 0. The quantitative estimate of drug-likeness (QED) is 0.904. The molecule has 5 nitrogen and oxygen atoms in total. The van der Waals surface area contributed by atoms with E-state index in [-0.39, 0.29) is 0 Å². The van der Waals surface area contributed by atoms with E-state index in [2.05, 4.69) is 25.9 Å². The van der Waals surface area contributed by atoms with Crippen molar-refractivity contribution in [2.75, 3.05) is 12.3 Å². The Balaban J connectivity index is 2.21. The van der Waals surface area contributed by atoms with E-state index in [0.29, 0.717) is 30.7 Å². The van der Waals surface area contributed by atoms with Crippen molar-refractivity contribution in [1.29, 1.82) is 0 Å². The molecule has 1 heterocycles. The molecule has 2 N–H and O–H groups in total. The number of hydrogen-bond acceptors (Lipinski definition) is 5. The lowest BCUT2D eigenvalue weighted by Crippen LogP contribution is -2.04. The SMILES string of the molecule is CCOCc1nc(N)cc(Oc2ccc(Br)cc2C)n1. The molecular formula is C14H16BrN3O2. The molecular weight excluding hydrogens is 322 g/mol. The number of rotatable bonds is 5. The number of aryl methyl sites for hydroxylation is 1. The van der Waals surface area contributed by atoms with Crippen LogP contribution in [0, 0.1) is 6.92 Å². The van der Waals surface area contributed by atoms with Crippen LogP contribution in [0.2, 0.25) is 0 Å². The van der Waals surface area contributed by atoms with Crippen LogP contribution in [0.5, 0.6) is 11.6 Å². The van der Waals surface area contributed by atoms with Gasteiger partial charge in [0, 0.05) is 17.1 Å². The van der Waals surface area contributed by atoms with Gasteiger partial charge in [0.1, 0.15) is 18.2 Å². The highest BCUT2D eigenvalue weighted by atomic mass is 79.9. The molecule has 0 amide bonds. The molecule has 0 saturated carbocycles. The fourth-order valence-corrected chi connectivity index (χ4v) is 2.12. The summed E-state index contributed by atoms with van der Waals surface area (Å²) in [6.45, 7) is 4.79. The van der Waals surface area contributed by atoms with Gasteiger partial charge in [0.05, 0.1) is 0 Å². The van der Waals surface area contributed by atoms with Crippen LogP contribution in [0.15, 0.2) is 28.7 Å². The maximum absolute atomic E-state index is 5.76. The largest absolute Gasteiger partial charge is 0.439 e. The van der Waals surface area contributed by atoms with E-state index in [1.54, 1.807) is 6.07 Å². The monoisotopic (exact) mass is 337 g/mol. The van der Waals surface area contributed by atoms with Crippen LogP contribution in [-0.4, -0.2) is 16.6 Å². The lowest BCUT2D eigenvalue weighted by molar-refractivity contribution is 0.128. The maximum atomic E-state index is 5.76. The van der Waals surface area contributed by atoms with Gasteiger partial charge < -0.3 is 15.2 Å². The van der Waals surface area contributed by atoms with Crippen molar-refractivity contribution in [2.45, 2.75) is 20.5 Å². The summed E-state index contributed by atoms with van der Waals surface area (Å²) in [5.41, 5.74) is 6.76. The summed E-state index contributed by atoms with van der Waals surface area (Å²) in [5, 5.41) is 0. The Bertz CT molecular complexity index is 605. The van der Waals surface area contributed by atoms with Crippen LogP contribution in [0.25, 0.3) is 0 Å². The molecule has 1 aromatic heterocycles. The van der Waals surface area contributed by atoms with Crippen molar-refractivity contribution < 1.29 is 9.47 Å². The average Bonchev–Trinajstić information content (AvgIpc) is 2.39. The van der Waals surface area contributed by atoms with Crippen molar-refractivity contribution in [2.24, 2.45) is 0 Å². The number of nitrogen functional groups attached to an aromatic ring is 1. The maximum Gasteiger partial charge on any atom is 0.224 e. The van der Waals surface area contributed by atoms with Gasteiger partial charge in [-0.3, -0.25) is 0 Å². The Morgan fingerprint density at radius 1 is 1.25 bits per heavy atom.